The fourth-order valence-corrected chi connectivity index (χ4v) is 4.70. The Morgan fingerprint density at radius 1 is 0.714 bits per heavy atom. The van der Waals surface area contributed by atoms with Crippen LogP contribution in [-0.4, -0.2) is 5.11 Å². The van der Waals surface area contributed by atoms with Crippen molar-refractivity contribution in [2.45, 2.75) is 132 Å². The van der Waals surface area contributed by atoms with E-state index in [0.717, 1.165) is 49.7 Å². The van der Waals surface area contributed by atoms with Crippen molar-refractivity contribution in [1.29, 1.82) is 0 Å². The number of hydrogen-bond donors (Lipinski definition) is 1. The fraction of sp³-hybridized carbons (Fsp3) is 0.676. The van der Waals surface area contributed by atoms with E-state index in [1.54, 1.807) is 0 Å². The Kier molecular flexibility index (Phi) is 9.22. The summed E-state index contributed by atoms with van der Waals surface area (Å²) in [7, 11) is 0. The summed E-state index contributed by atoms with van der Waals surface area (Å²) >= 11 is 0. The Balaban J connectivity index is 2.49. The van der Waals surface area contributed by atoms with Crippen molar-refractivity contribution < 1.29 is 5.11 Å². The lowest BCUT2D eigenvalue weighted by Gasteiger charge is -2.38. The quantitative estimate of drug-likeness (QED) is 0.334. The second kappa shape index (κ2) is 10.9. The highest BCUT2D eigenvalue weighted by atomic mass is 16.3. The van der Waals surface area contributed by atoms with Gasteiger partial charge in [-0.1, -0.05) is 119 Å². The van der Waals surface area contributed by atoms with Crippen LogP contribution in [0.25, 0.3) is 0 Å². The van der Waals surface area contributed by atoms with Crippen LogP contribution in [0.4, 0.5) is 0 Å². The van der Waals surface area contributed by atoms with Crippen LogP contribution >= 0.6 is 0 Å². The molecule has 0 bridgehead atoms. The molecular weight excluding hydrogens is 424 g/mol. The second-order valence-electron chi connectivity index (χ2n) is 13.6. The molecule has 1 aliphatic rings. The highest BCUT2D eigenvalue weighted by Gasteiger charge is 2.33. The van der Waals surface area contributed by atoms with Crippen molar-refractivity contribution in [1.82, 2.24) is 0 Å². The van der Waals surface area contributed by atoms with E-state index < -0.39 is 0 Å². The van der Waals surface area contributed by atoms with E-state index in [-0.39, 0.29) is 21.7 Å². The molecule has 35 heavy (non-hydrogen) atoms. The van der Waals surface area contributed by atoms with Gasteiger partial charge in [0.25, 0.3) is 0 Å². The summed E-state index contributed by atoms with van der Waals surface area (Å²) < 4.78 is 0. The second-order valence-corrected chi connectivity index (χ2v) is 13.6. The van der Waals surface area contributed by atoms with Gasteiger partial charge in [-0.05, 0) is 82.8 Å². The first-order valence-corrected chi connectivity index (χ1v) is 14.2. The summed E-state index contributed by atoms with van der Waals surface area (Å²) in [6.07, 6.45) is 13.7. The van der Waals surface area contributed by atoms with Crippen LogP contribution in [0.5, 0.6) is 5.75 Å². The molecular formula is C34H55O. The van der Waals surface area contributed by atoms with E-state index in [9.17, 15) is 5.11 Å². The van der Waals surface area contributed by atoms with Crippen LogP contribution < -0.4 is 0 Å². The number of phenols is 1. The molecule has 0 fully saturated rings. The molecule has 1 aliphatic carbocycles. The molecule has 1 heteroatoms. The molecule has 1 aromatic carbocycles. The standard InChI is InChI=1S/C34H55O/c1-13-31(5,6)26-19-24(20-27(22-26)32(7,8)14-2)17-18-25-21-28(33(9,10)15-3)23-29(30(25)35)34(11,12)16-4/h19-23,26,35H,13-18H2,1-12H3. The molecule has 0 aromatic heterocycles. The number of phenolic OH excluding ortho intramolecular Hbond substituents is 1. The minimum atomic E-state index is -0.0494. The summed E-state index contributed by atoms with van der Waals surface area (Å²) in [6.45, 7) is 27.8. The number of allylic oxidation sites excluding steroid dienone is 4. The number of aromatic hydroxyl groups is 1. The average molecular weight is 480 g/mol. The molecule has 0 heterocycles. The third kappa shape index (κ3) is 6.64. The van der Waals surface area contributed by atoms with Crippen LogP contribution in [-0.2, 0) is 17.3 Å². The third-order valence-corrected chi connectivity index (χ3v) is 9.72. The molecule has 1 nitrogen and oxygen atoms in total. The minimum Gasteiger partial charge on any atom is -0.507 e. The van der Waals surface area contributed by atoms with E-state index in [1.165, 1.54) is 16.7 Å². The van der Waals surface area contributed by atoms with Gasteiger partial charge in [-0.15, -0.1) is 0 Å². The van der Waals surface area contributed by atoms with Crippen LogP contribution in [0.2, 0.25) is 0 Å². The van der Waals surface area contributed by atoms with Crippen molar-refractivity contribution >= 4 is 0 Å². The van der Waals surface area contributed by atoms with E-state index in [2.05, 4.69) is 114 Å². The number of aryl methyl sites for hydroxylation is 1. The summed E-state index contributed by atoms with van der Waals surface area (Å²) in [5.41, 5.74) is 6.91. The molecule has 197 valence electrons. The van der Waals surface area contributed by atoms with Gasteiger partial charge in [0, 0.05) is 5.56 Å². The molecule has 0 aliphatic heterocycles. The minimum absolute atomic E-state index is 0.0494. The summed E-state index contributed by atoms with van der Waals surface area (Å²) in [6, 6.07) is 4.57. The van der Waals surface area contributed by atoms with E-state index in [0.29, 0.717) is 11.7 Å². The fourth-order valence-electron chi connectivity index (χ4n) is 4.70. The molecule has 1 aromatic rings. The highest BCUT2D eigenvalue weighted by molar-refractivity contribution is 5.50. The van der Waals surface area contributed by atoms with Crippen molar-refractivity contribution in [2.24, 2.45) is 16.7 Å². The molecule has 2 rings (SSSR count). The maximum absolute atomic E-state index is 11.4. The van der Waals surface area contributed by atoms with Gasteiger partial charge in [0.05, 0.1) is 0 Å². The normalized spacial score (nSPS) is 17.9. The van der Waals surface area contributed by atoms with Gasteiger partial charge in [-0.2, -0.15) is 0 Å². The van der Waals surface area contributed by atoms with Crippen LogP contribution in [0.15, 0.2) is 35.4 Å². The Morgan fingerprint density at radius 3 is 1.80 bits per heavy atom. The third-order valence-electron chi connectivity index (χ3n) is 9.72. The van der Waals surface area contributed by atoms with Crippen LogP contribution in [0.1, 0.15) is 132 Å². The van der Waals surface area contributed by atoms with E-state index >= 15 is 0 Å². The molecule has 0 saturated heterocycles. The average Bonchev–Trinajstić information content (AvgIpc) is 2.82. The molecule has 1 unspecified atom stereocenters. The Bertz CT molecular complexity index is 936. The maximum Gasteiger partial charge on any atom is 0.122 e. The van der Waals surface area contributed by atoms with Gasteiger partial charge in [0.15, 0.2) is 0 Å². The summed E-state index contributed by atoms with van der Waals surface area (Å²) in [4.78, 5) is 0. The van der Waals surface area contributed by atoms with Gasteiger partial charge in [0.1, 0.15) is 5.75 Å². The molecule has 0 amide bonds. The van der Waals surface area contributed by atoms with Crippen LogP contribution in [0.3, 0.4) is 0 Å². The highest BCUT2D eigenvalue weighted by Crippen LogP contribution is 2.45. The van der Waals surface area contributed by atoms with Crippen molar-refractivity contribution in [3.8, 4) is 5.75 Å². The zero-order chi connectivity index (χ0) is 26.8. The lowest BCUT2D eigenvalue weighted by atomic mass is 9.67. The lowest BCUT2D eigenvalue weighted by Crippen LogP contribution is -2.27. The maximum atomic E-state index is 11.4. The van der Waals surface area contributed by atoms with E-state index in [4.69, 9.17) is 0 Å². The first-order valence-electron chi connectivity index (χ1n) is 14.2. The Labute approximate surface area is 218 Å². The number of hydrogen-bond acceptors (Lipinski definition) is 1. The van der Waals surface area contributed by atoms with Gasteiger partial charge >= 0.3 is 0 Å². The Hall–Kier alpha value is -1.50. The summed E-state index contributed by atoms with van der Waals surface area (Å²) in [5, 5.41) is 11.4. The smallest absolute Gasteiger partial charge is 0.122 e. The SMILES string of the molecule is CCC(C)(C)C1=CC(C(C)(C)CC)[CH]C(CCc2cc(C(C)(C)CC)cc(C(C)(C)CC)c2O)=C1. The zero-order valence-corrected chi connectivity index (χ0v) is 25.2. The Morgan fingerprint density at radius 2 is 1.29 bits per heavy atom. The molecule has 1 radical (unpaired) electrons. The van der Waals surface area contributed by atoms with Gasteiger partial charge in [0.2, 0.25) is 0 Å². The molecule has 1 atom stereocenters. The number of rotatable bonds is 11. The summed E-state index contributed by atoms with van der Waals surface area (Å²) in [5.74, 6) is 0.959. The first-order chi connectivity index (χ1) is 16.0. The topological polar surface area (TPSA) is 20.2 Å². The largest absolute Gasteiger partial charge is 0.507 e. The van der Waals surface area contributed by atoms with Crippen LogP contribution in [0, 0.1) is 23.2 Å². The van der Waals surface area contributed by atoms with Crippen molar-refractivity contribution in [2.75, 3.05) is 0 Å². The van der Waals surface area contributed by atoms with Crippen molar-refractivity contribution in [3.05, 3.63) is 58.5 Å². The van der Waals surface area contributed by atoms with Gasteiger partial charge in [-0.25, -0.2) is 0 Å². The molecule has 0 saturated carbocycles. The molecule has 0 spiro atoms. The first kappa shape index (κ1) is 29.7. The predicted octanol–water partition coefficient (Wildman–Crippen LogP) is 10.3. The predicted molar refractivity (Wildman–Crippen MR) is 155 cm³/mol. The lowest BCUT2D eigenvalue weighted by molar-refractivity contribution is 0.272. The van der Waals surface area contributed by atoms with E-state index in [1.807, 2.05) is 0 Å². The van der Waals surface area contributed by atoms with Gasteiger partial charge < -0.3 is 5.11 Å². The zero-order valence-electron chi connectivity index (χ0n) is 25.2. The van der Waals surface area contributed by atoms with Gasteiger partial charge in [-0.3, -0.25) is 0 Å². The monoisotopic (exact) mass is 479 g/mol. The van der Waals surface area contributed by atoms with Crippen molar-refractivity contribution in [3.63, 3.8) is 0 Å². The molecule has 1 N–H and O–H groups in total. The number of benzene rings is 1.